The summed E-state index contributed by atoms with van der Waals surface area (Å²) >= 11 is 0. The molecular formula is C16H21NO. The Morgan fingerprint density at radius 3 is 2.67 bits per heavy atom. The normalized spacial score (nSPS) is 29.4. The highest BCUT2D eigenvalue weighted by Crippen LogP contribution is 2.48. The Labute approximate surface area is 109 Å². The lowest BCUT2D eigenvalue weighted by Gasteiger charge is -2.20. The second-order valence-corrected chi connectivity index (χ2v) is 5.81. The fraction of sp³-hybridized carbons (Fsp3) is 0.562. The fourth-order valence-electron chi connectivity index (χ4n) is 3.67. The van der Waals surface area contributed by atoms with Gasteiger partial charge in [0.05, 0.1) is 0 Å². The number of hydrogen-bond donors (Lipinski definition) is 1. The number of carbonyl (C=O) groups excluding carboxylic acids is 1. The van der Waals surface area contributed by atoms with Gasteiger partial charge >= 0.3 is 0 Å². The number of carbonyl (C=O) groups is 1. The van der Waals surface area contributed by atoms with E-state index in [0.29, 0.717) is 17.7 Å². The highest BCUT2D eigenvalue weighted by Gasteiger charge is 2.42. The van der Waals surface area contributed by atoms with E-state index in [4.69, 9.17) is 0 Å². The zero-order valence-electron chi connectivity index (χ0n) is 10.8. The Bertz CT molecular complexity index is 414. The Morgan fingerprint density at radius 2 is 2.00 bits per heavy atom. The first-order valence-corrected chi connectivity index (χ1v) is 7.14. The molecule has 3 rings (SSSR count). The molecule has 0 radical (unpaired) electrons. The van der Waals surface area contributed by atoms with E-state index in [0.717, 1.165) is 25.3 Å². The predicted molar refractivity (Wildman–Crippen MR) is 72.1 cm³/mol. The zero-order valence-corrected chi connectivity index (χ0v) is 10.8. The molecule has 2 aliphatic carbocycles. The van der Waals surface area contributed by atoms with Crippen molar-refractivity contribution in [1.29, 1.82) is 0 Å². The molecule has 2 nitrogen and oxygen atoms in total. The summed E-state index contributed by atoms with van der Waals surface area (Å²) in [5.41, 5.74) is 1.30. The van der Waals surface area contributed by atoms with Gasteiger partial charge < -0.3 is 5.32 Å². The quantitative estimate of drug-likeness (QED) is 0.865. The molecule has 0 unspecified atom stereocenters. The van der Waals surface area contributed by atoms with E-state index in [1.165, 1.54) is 24.8 Å². The standard InChI is InChI=1S/C16H21NO/c18-16(15-11-13-6-7-14(15)10-13)17-9-8-12-4-2-1-3-5-12/h1-5,13-15H,6-11H2,(H,17,18)/t13-,14-,15-/m1/s1. The van der Waals surface area contributed by atoms with Crippen LogP contribution in [-0.4, -0.2) is 12.5 Å². The minimum atomic E-state index is 0.304. The van der Waals surface area contributed by atoms with E-state index in [2.05, 4.69) is 17.4 Å². The summed E-state index contributed by atoms with van der Waals surface area (Å²) in [4.78, 5) is 12.1. The van der Waals surface area contributed by atoms with Crippen LogP contribution in [0.4, 0.5) is 0 Å². The van der Waals surface area contributed by atoms with Crippen molar-refractivity contribution in [2.24, 2.45) is 17.8 Å². The number of fused-ring (bicyclic) bond motifs is 2. The van der Waals surface area contributed by atoms with Crippen LogP contribution in [0.3, 0.4) is 0 Å². The van der Waals surface area contributed by atoms with Gasteiger partial charge in [0, 0.05) is 12.5 Å². The van der Waals surface area contributed by atoms with Gasteiger partial charge in [-0.25, -0.2) is 0 Å². The van der Waals surface area contributed by atoms with Crippen molar-refractivity contribution in [3.05, 3.63) is 35.9 Å². The number of nitrogens with one attached hydrogen (secondary N) is 1. The van der Waals surface area contributed by atoms with Crippen molar-refractivity contribution in [1.82, 2.24) is 5.32 Å². The van der Waals surface area contributed by atoms with Gasteiger partial charge in [0.25, 0.3) is 0 Å². The summed E-state index contributed by atoms with van der Waals surface area (Å²) in [5, 5.41) is 3.12. The van der Waals surface area contributed by atoms with Gasteiger partial charge in [-0.2, -0.15) is 0 Å². The monoisotopic (exact) mass is 243 g/mol. The van der Waals surface area contributed by atoms with E-state index in [-0.39, 0.29) is 0 Å². The van der Waals surface area contributed by atoms with Gasteiger partial charge in [-0.15, -0.1) is 0 Å². The van der Waals surface area contributed by atoms with Crippen molar-refractivity contribution >= 4 is 5.91 Å². The molecule has 0 spiro atoms. The van der Waals surface area contributed by atoms with Crippen LogP contribution < -0.4 is 5.32 Å². The molecule has 2 saturated carbocycles. The number of benzene rings is 1. The average Bonchev–Trinajstić information content (AvgIpc) is 3.02. The first-order valence-electron chi connectivity index (χ1n) is 7.14. The molecule has 2 heteroatoms. The summed E-state index contributed by atoms with van der Waals surface area (Å²) in [6, 6.07) is 10.4. The average molecular weight is 243 g/mol. The lowest BCUT2D eigenvalue weighted by atomic mass is 9.88. The molecule has 3 atom stereocenters. The van der Waals surface area contributed by atoms with Crippen molar-refractivity contribution in [3.63, 3.8) is 0 Å². The van der Waals surface area contributed by atoms with Gasteiger partial charge in [-0.3, -0.25) is 4.79 Å². The lowest BCUT2D eigenvalue weighted by molar-refractivity contribution is -0.126. The van der Waals surface area contributed by atoms with E-state index in [1.54, 1.807) is 0 Å². The number of amides is 1. The third-order valence-electron chi connectivity index (χ3n) is 4.63. The van der Waals surface area contributed by atoms with Gasteiger partial charge in [-0.1, -0.05) is 36.8 Å². The topological polar surface area (TPSA) is 29.1 Å². The molecule has 2 aliphatic rings. The summed E-state index contributed by atoms with van der Waals surface area (Å²) in [7, 11) is 0. The van der Waals surface area contributed by atoms with Crippen LogP contribution in [0.1, 0.15) is 31.2 Å². The van der Waals surface area contributed by atoms with Crippen LogP contribution in [0.25, 0.3) is 0 Å². The summed E-state index contributed by atoms with van der Waals surface area (Å²) < 4.78 is 0. The molecule has 96 valence electrons. The van der Waals surface area contributed by atoms with Crippen LogP contribution in [0, 0.1) is 17.8 Å². The maximum absolute atomic E-state index is 12.1. The van der Waals surface area contributed by atoms with Crippen LogP contribution in [-0.2, 0) is 11.2 Å². The fourth-order valence-corrected chi connectivity index (χ4v) is 3.67. The molecule has 18 heavy (non-hydrogen) atoms. The smallest absolute Gasteiger partial charge is 0.223 e. The number of rotatable bonds is 4. The van der Waals surface area contributed by atoms with Gasteiger partial charge in [0.2, 0.25) is 5.91 Å². The Balaban J connectivity index is 1.45. The number of hydrogen-bond acceptors (Lipinski definition) is 1. The molecule has 0 aliphatic heterocycles. The van der Waals surface area contributed by atoms with E-state index in [1.807, 2.05) is 18.2 Å². The van der Waals surface area contributed by atoms with Gasteiger partial charge in [-0.05, 0) is 43.1 Å². The molecule has 0 saturated heterocycles. The molecule has 1 N–H and O–H groups in total. The molecule has 2 fully saturated rings. The second-order valence-electron chi connectivity index (χ2n) is 5.81. The molecule has 1 amide bonds. The molecule has 0 heterocycles. The van der Waals surface area contributed by atoms with E-state index in [9.17, 15) is 4.79 Å². The SMILES string of the molecule is O=C(NCCc1ccccc1)[C@@H]1C[C@@H]2CC[C@@H]1C2. The molecular weight excluding hydrogens is 222 g/mol. The van der Waals surface area contributed by atoms with Crippen molar-refractivity contribution in [2.75, 3.05) is 6.54 Å². The van der Waals surface area contributed by atoms with Crippen LogP contribution in [0.2, 0.25) is 0 Å². The summed E-state index contributed by atoms with van der Waals surface area (Å²) in [5.74, 6) is 2.16. The first kappa shape index (κ1) is 11.8. The second kappa shape index (κ2) is 5.13. The van der Waals surface area contributed by atoms with Crippen LogP contribution in [0.5, 0.6) is 0 Å². The Hall–Kier alpha value is -1.31. The molecule has 0 aromatic heterocycles. The zero-order chi connectivity index (χ0) is 12.4. The summed E-state index contributed by atoms with van der Waals surface area (Å²) in [6.07, 6.45) is 6.02. The first-order chi connectivity index (χ1) is 8.83. The summed E-state index contributed by atoms with van der Waals surface area (Å²) in [6.45, 7) is 0.775. The Kier molecular flexibility index (Phi) is 3.35. The lowest BCUT2D eigenvalue weighted by Crippen LogP contribution is -2.34. The van der Waals surface area contributed by atoms with Crippen LogP contribution in [0.15, 0.2) is 30.3 Å². The largest absolute Gasteiger partial charge is 0.356 e. The van der Waals surface area contributed by atoms with Crippen LogP contribution >= 0.6 is 0 Å². The maximum atomic E-state index is 12.1. The van der Waals surface area contributed by atoms with Crippen molar-refractivity contribution in [2.45, 2.75) is 32.1 Å². The third-order valence-corrected chi connectivity index (χ3v) is 4.63. The van der Waals surface area contributed by atoms with Crippen molar-refractivity contribution in [3.8, 4) is 0 Å². The van der Waals surface area contributed by atoms with Crippen molar-refractivity contribution < 1.29 is 4.79 Å². The van der Waals surface area contributed by atoms with E-state index >= 15 is 0 Å². The minimum absolute atomic E-state index is 0.304. The highest BCUT2D eigenvalue weighted by atomic mass is 16.1. The molecule has 2 bridgehead atoms. The maximum Gasteiger partial charge on any atom is 0.223 e. The van der Waals surface area contributed by atoms with Gasteiger partial charge in [0.15, 0.2) is 0 Å². The molecule has 1 aromatic rings. The van der Waals surface area contributed by atoms with Gasteiger partial charge in [0.1, 0.15) is 0 Å². The van der Waals surface area contributed by atoms with E-state index < -0.39 is 0 Å². The minimum Gasteiger partial charge on any atom is -0.356 e. The highest BCUT2D eigenvalue weighted by molar-refractivity contribution is 5.79. The third kappa shape index (κ3) is 2.43. The predicted octanol–water partition coefficient (Wildman–Crippen LogP) is 2.78. The Morgan fingerprint density at radius 1 is 1.17 bits per heavy atom. The molecule has 1 aromatic carbocycles.